The SMILES string of the molecule is COC(=O)c1cc(NS(=O)(=O)c2cc3oc(=O)[nH]c3cc2C)cc(C(=O)OC)c1. The summed E-state index contributed by atoms with van der Waals surface area (Å²) in [4.78, 5) is 37.4. The van der Waals surface area contributed by atoms with Crippen LogP contribution in [0.2, 0.25) is 0 Å². The first-order valence-corrected chi connectivity index (χ1v) is 9.61. The van der Waals surface area contributed by atoms with Crippen LogP contribution in [0.4, 0.5) is 5.69 Å². The Balaban J connectivity index is 2.08. The standard InChI is InChI=1S/C18H16N2O8S/c1-9-4-13-14(28-18(23)19-13)8-15(9)29(24,25)20-12-6-10(16(21)26-2)5-11(7-12)17(22)27-3/h4-8,20H,1-3H3,(H,19,23). The van der Waals surface area contributed by atoms with Crippen molar-refractivity contribution in [1.29, 1.82) is 0 Å². The number of sulfonamides is 1. The van der Waals surface area contributed by atoms with Gasteiger partial charge >= 0.3 is 17.7 Å². The molecule has 1 aromatic heterocycles. The van der Waals surface area contributed by atoms with E-state index >= 15 is 0 Å². The summed E-state index contributed by atoms with van der Waals surface area (Å²) in [5.41, 5.74) is 0.628. The maximum atomic E-state index is 12.9. The second-order valence-electron chi connectivity index (χ2n) is 6.02. The second kappa shape index (κ2) is 7.43. The Morgan fingerprint density at radius 2 is 1.59 bits per heavy atom. The average molecular weight is 420 g/mol. The van der Waals surface area contributed by atoms with Crippen LogP contribution in [0.25, 0.3) is 11.1 Å². The number of aromatic nitrogens is 1. The average Bonchev–Trinajstić information content (AvgIpc) is 3.04. The molecule has 2 N–H and O–H groups in total. The zero-order valence-corrected chi connectivity index (χ0v) is 16.4. The number of H-pyrrole nitrogens is 1. The first-order valence-electron chi connectivity index (χ1n) is 8.12. The summed E-state index contributed by atoms with van der Waals surface area (Å²) >= 11 is 0. The quantitative estimate of drug-likeness (QED) is 0.595. The van der Waals surface area contributed by atoms with Gasteiger partial charge in [0.25, 0.3) is 10.0 Å². The third-order valence-corrected chi connectivity index (χ3v) is 5.56. The maximum absolute atomic E-state index is 12.9. The number of nitrogens with one attached hydrogen (secondary N) is 2. The Morgan fingerprint density at radius 1 is 1.00 bits per heavy atom. The topological polar surface area (TPSA) is 145 Å². The van der Waals surface area contributed by atoms with Gasteiger partial charge in [-0.3, -0.25) is 9.71 Å². The number of fused-ring (bicyclic) bond motifs is 1. The van der Waals surface area contributed by atoms with Gasteiger partial charge in [0.2, 0.25) is 0 Å². The summed E-state index contributed by atoms with van der Waals surface area (Å²) in [7, 11) is -1.85. The minimum atomic E-state index is -4.15. The highest BCUT2D eigenvalue weighted by Crippen LogP contribution is 2.25. The van der Waals surface area contributed by atoms with Gasteiger partial charge in [0.05, 0.1) is 41.4 Å². The molecule has 0 spiro atoms. The summed E-state index contributed by atoms with van der Waals surface area (Å²) < 4.78 is 42.3. The number of rotatable bonds is 5. The molecule has 0 saturated heterocycles. The largest absolute Gasteiger partial charge is 0.465 e. The van der Waals surface area contributed by atoms with Gasteiger partial charge in [-0.05, 0) is 36.8 Å². The summed E-state index contributed by atoms with van der Waals surface area (Å²) in [5.74, 6) is -2.23. The molecular formula is C18H16N2O8S. The smallest absolute Gasteiger partial charge is 0.417 e. The van der Waals surface area contributed by atoms with Gasteiger partial charge in [0.15, 0.2) is 5.58 Å². The van der Waals surface area contributed by atoms with Crippen LogP contribution in [-0.2, 0) is 19.5 Å². The molecule has 0 unspecified atom stereocenters. The Bertz CT molecular complexity index is 1250. The van der Waals surface area contributed by atoms with Crippen LogP contribution in [-0.4, -0.2) is 39.6 Å². The second-order valence-corrected chi connectivity index (χ2v) is 7.67. The summed E-state index contributed by atoms with van der Waals surface area (Å²) in [6, 6.07) is 6.33. The lowest BCUT2D eigenvalue weighted by Gasteiger charge is -2.12. The van der Waals surface area contributed by atoms with E-state index in [1.54, 1.807) is 6.92 Å². The van der Waals surface area contributed by atoms with E-state index < -0.39 is 27.7 Å². The number of aromatic amines is 1. The zero-order chi connectivity index (χ0) is 21.3. The van der Waals surface area contributed by atoms with E-state index in [1.807, 2.05) is 0 Å². The normalized spacial score (nSPS) is 11.3. The summed E-state index contributed by atoms with van der Waals surface area (Å²) in [5, 5.41) is 0. The first kappa shape index (κ1) is 20.1. The van der Waals surface area contributed by atoms with Crippen LogP contribution < -0.4 is 10.5 Å². The minimum Gasteiger partial charge on any atom is -0.465 e. The molecule has 11 heteroatoms. The molecule has 3 aromatic rings. The fraction of sp³-hybridized carbons (Fsp3) is 0.167. The van der Waals surface area contributed by atoms with E-state index in [9.17, 15) is 22.8 Å². The minimum absolute atomic E-state index is 0.0445. The highest BCUT2D eigenvalue weighted by molar-refractivity contribution is 7.92. The lowest BCUT2D eigenvalue weighted by Crippen LogP contribution is -2.16. The van der Waals surface area contributed by atoms with Gasteiger partial charge in [0.1, 0.15) is 0 Å². The van der Waals surface area contributed by atoms with Gasteiger partial charge in [-0.25, -0.2) is 22.8 Å². The van der Waals surface area contributed by atoms with Crippen molar-refractivity contribution >= 4 is 38.7 Å². The van der Waals surface area contributed by atoms with Gasteiger partial charge in [0, 0.05) is 6.07 Å². The lowest BCUT2D eigenvalue weighted by atomic mass is 10.1. The van der Waals surface area contributed by atoms with Gasteiger partial charge in [-0.2, -0.15) is 0 Å². The third kappa shape index (κ3) is 3.99. The van der Waals surface area contributed by atoms with Crippen molar-refractivity contribution < 1.29 is 31.9 Å². The molecule has 29 heavy (non-hydrogen) atoms. The lowest BCUT2D eigenvalue weighted by molar-refractivity contribution is 0.0599. The molecule has 0 amide bonds. The molecule has 0 saturated carbocycles. The molecule has 0 aliphatic carbocycles. The predicted octanol–water partition coefficient (Wildman–Crippen LogP) is 1.80. The number of hydrogen-bond donors (Lipinski definition) is 2. The monoisotopic (exact) mass is 420 g/mol. The van der Waals surface area contributed by atoms with E-state index in [1.165, 1.54) is 30.3 Å². The van der Waals surface area contributed by atoms with Crippen LogP contribution >= 0.6 is 0 Å². The van der Waals surface area contributed by atoms with Crippen molar-refractivity contribution in [2.75, 3.05) is 18.9 Å². The molecule has 10 nitrogen and oxygen atoms in total. The van der Waals surface area contributed by atoms with Crippen molar-refractivity contribution in [2.45, 2.75) is 11.8 Å². The number of ether oxygens (including phenoxy) is 2. The number of oxazole rings is 1. The molecular weight excluding hydrogens is 404 g/mol. The number of carbonyl (C=O) groups excluding carboxylic acids is 2. The number of esters is 2. The number of benzene rings is 2. The highest BCUT2D eigenvalue weighted by atomic mass is 32.2. The Kier molecular flexibility index (Phi) is 5.16. The predicted molar refractivity (Wildman–Crippen MR) is 102 cm³/mol. The molecule has 1 heterocycles. The fourth-order valence-corrected chi connectivity index (χ4v) is 4.03. The van der Waals surface area contributed by atoms with Crippen molar-refractivity contribution in [3.8, 4) is 0 Å². The molecule has 0 bridgehead atoms. The Hall–Kier alpha value is -3.60. The van der Waals surface area contributed by atoms with Gasteiger partial charge < -0.3 is 13.9 Å². The van der Waals surface area contributed by atoms with E-state index in [-0.39, 0.29) is 27.3 Å². The van der Waals surface area contributed by atoms with Gasteiger partial charge in [-0.1, -0.05) is 0 Å². The van der Waals surface area contributed by atoms with Crippen molar-refractivity contribution in [3.63, 3.8) is 0 Å². The Morgan fingerprint density at radius 3 is 2.14 bits per heavy atom. The van der Waals surface area contributed by atoms with Crippen LogP contribution in [0.1, 0.15) is 26.3 Å². The van der Waals surface area contributed by atoms with Crippen LogP contribution in [0.3, 0.4) is 0 Å². The molecule has 0 aliphatic heterocycles. The summed E-state index contributed by atoms with van der Waals surface area (Å²) in [6.45, 7) is 1.55. The maximum Gasteiger partial charge on any atom is 0.417 e. The molecule has 152 valence electrons. The number of anilines is 1. The van der Waals surface area contributed by atoms with Gasteiger partial charge in [-0.15, -0.1) is 0 Å². The van der Waals surface area contributed by atoms with Crippen molar-refractivity contribution in [2.24, 2.45) is 0 Å². The molecule has 2 aromatic carbocycles. The van der Waals surface area contributed by atoms with E-state index in [2.05, 4.69) is 19.2 Å². The first-order chi connectivity index (χ1) is 13.6. The zero-order valence-electron chi connectivity index (χ0n) is 15.6. The van der Waals surface area contributed by atoms with Crippen LogP contribution in [0, 0.1) is 6.92 Å². The van der Waals surface area contributed by atoms with E-state index in [4.69, 9.17) is 4.42 Å². The number of hydrogen-bond acceptors (Lipinski definition) is 8. The third-order valence-electron chi connectivity index (χ3n) is 4.03. The molecule has 0 fully saturated rings. The molecule has 0 radical (unpaired) electrons. The van der Waals surface area contributed by atoms with E-state index in [0.29, 0.717) is 11.1 Å². The van der Waals surface area contributed by atoms with Crippen LogP contribution in [0.5, 0.6) is 0 Å². The molecule has 0 atom stereocenters. The fourth-order valence-electron chi connectivity index (χ4n) is 2.74. The highest BCUT2D eigenvalue weighted by Gasteiger charge is 2.21. The number of aryl methyl sites for hydroxylation is 1. The van der Waals surface area contributed by atoms with Crippen LogP contribution in [0.15, 0.2) is 44.4 Å². The molecule has 0 aliphatic rings. The number of carbonyl (C=O) groups is 2. The summed E-state index contributed by atoms with van der Waals surface area (Å²) in [6.07, 6.45) is 0. The molecule has 3 rings (SSSR count). The van der Waals surface area contributed by atoms with E-state index in [0.717, 1.165) is 14.2 Å². The van der Waals surface area contributed by atoms with Crippen molar-refractivity contribution in [3.05, 3.63) is 57.6 Å². The van der Waals surface area contributed by atoms with Crippen molar-refractivity contribution in [1.82, 2.24) is 4.98 Å². The number of methoxy groups -OCH3 is 2. The Labute approximate surface area is 164 Å².